The summed E-state index contributed by atoms with van der Waals surface area (Å²) in [5.41, 5.74) is 1.17. The van der Waals surface area contributed by atoms with Crippen molar-refractivity contribution in [2.45, 2.75) is 0 Å². The predicted molar refractivity (Wildman–Crippen MR) is 80.8 cm³/mol. The monoisotopic (exact) mass is 327 g/mol. The Labute approximate surface area is 124 Å². The van der Waals surface area contributed by atoms with Crippen LogP contribution >= 0.6 is 15.9 Å². The van der Waals surface area contributed by atoms with Gasteiger partial charge in [0.25, 0.3) is 0 Å². The number of aromatic nitrogens is 1. The van der Waals surface area contributed by atoms with Crippen molar-refractivity contribution in [3.8, 4) is 5.75 Å². The number of pyridine rings is 1. The van der Waals surface area contributed by atoms with Crippen LogP contribution in [0.1, 0.15) is 10.4 Å². The maximum Gasteiger partial charge on any atom is 0.343 e. The molecule has 3 nitrogen and oxygen atoms in total. The van der Waals surface area contributed by atoms with Gasteiger partial charge in [-0.1, -0.05) is 30.3 Å². The number of hydrogen-bond acceptors (Lipinski definition) is 3. The number of rotatable bonds is 2. The summed E-state index contributed by atoms with van der Waals surface area (Å²) in [7, 11) is 0. The molecule has 1 aromatic heterocycles. The van der Waals surface area contributed by atoms with Crippen LogP contribution < -0.4 is 4.74 Å². The molecule has 3 aromatic rings. The van der Waals surface area contributed by atoms with Crippen LogP contribution in [0.3, 0.4) is 0 Å². The summed E-state index contributed by atoms with van der Waals surface area (Å²) in [6.07, 6.45) is 1.68. The molecule has 0 bridgehead atoms. The van der Waals surface area contributed by atoms with Crippen LogP contribution in [0.2, 0.25) is 0 Å². The molecule has 0 atom stereocenters. The van der Waals surface area contributed by atoms with Crippen molar-refractivity contribution >= 4 is 32.8 Å². The number of carbonyl (C=O) groups excluding carboxylic acids is 1. The summed E-state index contributed by atoms with van der Waals surface area (Å²) in [5.74, 6) is 0.0430. The summed E-state index contributed by atoms with van der Waals surface area (Å²) < 4.78 is 6.20. The lowest BCUT2D eigenvalue weighted by Gasteiger charge is -2.09. The fourth-order valence-electron chi connectivity index (χ4n) is 1.92. The van der Waals surface area contributed by atoms with Crippen molar-refractivity contribution in [3.05, 3.63) is 70.8 Å². The molecule has 0 fully saturated rings. The summed E-state index contributed by atoms with van der Waals surface area (Å²) >= 11 is 3.40. The van der Waals surface area contributed by atoms with Gasteiger partial charge in [0.1, 0.15) is 5.52 Å². The molecule has 0 spiro atoms. The Morgan fingerprint density at radius 1 is 1.00 bits per heavy atom. The van der Waals surface area contributed by atoms with Crippen LogP contribution in [-0.4, -0.2) is 11.0 Å². The predicted octanol–water partition coefficient (Wildman–Crippen LogP) is 4.22. The van der Waals surface area contributed by atoms with Crippen LogP contribution in [0.5, 0.6) is 5.75 Å². The first-order valence-electron chi connectivity index (χ1n) is 6.06. The molecule has 0 aliphatic heterocycles. The summed E-state index contributed by atoms with van der Waals surface area (Å²) in [4.78, 5) is 16.4. The van der Waals surface area contributed by atoms with Crippen LogP contribution in [-0.2, 0) is 0 Å². The highest BCUT2D eigenvalue weighted by atomic mass is 79.9. The topological polar surface area (TPSA) is 39.2 Å². The number of halogens is 1. The van der Waals surface area contributed by atoms with Gasteiger partial charge in [-0.2, -0.15) is 0 Å². The molecule has 0 saturated heterocycles. The minimum absolute atomic E-state index is 0.399. The molecule has 0 radical (unpaired) electrons. The average molecular weight is 328 g/mol. The van der Waals surface area contributed by atoms with Crippen molar-refractivity contribution in [3.63, 3.8) is 0 Å². The highest BCUT2D eigenvalue weighted by Gasteiger charge is 2.14. The number of carbonyl (C=O) groups is 1. The molecule has 0 N–H and O–H groups in total. The molecular weight excluding hydrogens is 318 g/mol. The molecule has 0 saturated carbocycles. The Hall–Kier alpha value is -2.20. The van der Waals surface area contributed by atoms with Gasteiger partial charge < -0.3 is 4.74 Å². The molecule has 1 heterocycles. The van der Waals surface area contributed by atoms with Crippen molar-refractivity contribution in [1.82, 2.24) is 4.98 Å². The van der Waals surface area contributed by atoms with E-state index in [4.69, 9.17) is 4.74 Å². The highest BCUT2D eigenvalue weighted by Crippen LogP contribution is 2.32. The minimum atomic E-state index is -0.399. The quantitative estimate of drug-likeness (QED) is 0.522. The van der Waals surface area contributed by atoms with Crippen molar-refractivity contribution in [1.29, 1.82) is 0 Å². The second-order valence-corrected chi connectivity index (χ2v) is 5.06. The molecule has 0 unspecified atom stereocenters. The summed E-state index contributed by atoms with van der Waals surface area (Å²) in [6, 6.07) is 16.4. The van der Waals surface area contributed by atoms with E-state index in [-0.39, 0.29) is 0 Å². The number of benzene rings is 2. The van der Waals surface area contributed by atoms with Crippen LogP contribution in [0.4, 0.5) is 0 Å². The molecule has 3 rings (SSSR count). The standard InChI is InChI=1S/C16H10BrNO2/c17-13-9-8-11-7-4-10-18-14(11)15(13)20-16(19)12-5-2-1-3-6-12/h1-10H. The van der Waals surface area contributed by atoms with Gasteiger partial charge >= 0.3 is 5.97 Å². The molecule has 0 aliphatic rings. The first-order valence-corrected chi connectivity index (χ1v) is 6.85. The van der Waals surface area contributed by atoms with Gasteiger partial charge in [0, 0.05) is 11.6 Å². The average Bonchev–Trinajstić information content (AvgIpc) is 2.51. The van der Waals surface area contributed by atoms with E-state index in [0.29, 0.717) is 21.3 Å². The number of esters is 1. The van der Waals surface area contributed by atoms with E-state index in [0.717, 1.165) is 5.39 Å². The zero-order valence-corrected chi connectivity index (χ0v) is 12.0. The van der Waals surface area contributed by atoms with Crippen molar-refractivity contribution in [2.24, 2.45) is 0 Å². The number of hydrogen-bond donors (Lipinski definition) is 0. The largest absolute Gasteiger partial charge is 0.419 e. The Bertz CT molecular complexity index is 772. The van der Waals surface area contributed by atoms with E-state index in [1.165, 1.54) is 0 Å². The SMILES string of the molecule is O=C(Oc1c(Br)ccc2cccnc12)c1ccccc1. The molecule has 98 valence electrons. The Kier molecular flexibility index (Phi) is 3.48. The van der Waals surface area contributed by atoms with E-state index < -0.39 is 5.97 Å². The van der Waals surface area contributed by atoms with E-state index >= 15 is 0 Å². The molecule has 4 heteroatoms. The fraction of sp³-hybridized carbons (Fsp3) is 0. The zero-order valence-electron chi connectivity index (χ0n) is 10.4. The first-order chi connectivity index (χ1) is 9.75. The van der Waals surface area contributed by atoms with Crippen LogP contribution in [0.25, 0.3) is 10.9 Å². The number of fused-ring (bicyclic) bond motifs is 1. The smallest absolute Gasteiger partial charge is 0.343 e. The van der Waals surface area contributed by atoms with E-state index in [2.05, 4.69) is 20.9 Å². The van der Waals surface area contributed by atoms with E-state index in [1.54, 1.807) is 30.5 Å². The lowest BCUT2D eigenvalue weighted by Crippen LogP contribution is -2.09. The third-order valence-corrected chi connectivity index (χ3v) is 3.51. The van der Waals surface area contributed by atoms with Crippen LogP contribution in [0.15, 0.2) is 65.3 Å². The van der Waals surface area contributed by atoms with Gasteiger partial charge in [-0.25, -0.2) is 4.79 Å². The molecule has 0 aliphatic carbocycles. The third-order valence-electron chi connectivity index (χ3n) is 2.88. The lowest BCUT2D eigenvalue weighted by molar-refractivity contribution is 0.0735. The van der Waals surface area contributed by atoms with E-state index in [1.807, 2.05) is 30.3 Å². The van der Waals surface area contributed by atoms with Gasteiger partial charge in [0.05, 0.1) is 10.0 Å². The van der Waals surface area contributed by atoms with Crippen LogP contribution in [0, 0.1) is 0 Å². The van der Waals surface area contributed by atoms with Gasteiger partial charge in [0.15, 0.2) is 5.75 Å². The Balaban J connectivity index is 2.03. The zero-order chi connectivity index (χ0) is 13.9. The lowest BCUT2D eigenvalue weighted by atomic mass is 10.2. The van der Waals surface area contributed by atoms with Gasteiger partial charge in [0.2, 0.25) is 0 Å². The molecular formula is C16H10BrNO2. The Morgan fingerprint density at radius 2 is 1.80 bits per heavy atom. The summed E-state index contributed by atoms with van der Waals surface area (Å²) in [6.45, 7) is 0. The van der Waals surface area contributed by atoms with Gasteiger partial charge in [-0.05, 0) is 40.2 Å². The molecule has 20 heavy (non-hydrogen) atoms. The number of ether oxygens (including phenoxy) is 1. The van der Waals surface area contributed by atoms with Gasteiger partial charge in [-0.3, -0.25) is 4.98 Å². The second kappa shape index (κ2) is 5.43. The third kappa shape index (κ3) is 2.42. The number of nitrogens with zero attached hydrogens (tertiary/aromatic N) is 1. The minimum Gasteiger partial charge on any atom is -0.419 e. The fourth-order valence-corrected chi connectivity index (χ4v) is 2.32. The maximum absolute atomic E-state index is 12.1. The summed E-state index contributed by atoms with van der Waals surface area (Å²) in [5, 5.41) is 0.923. The highest BCUT2D eigenvalue weighted by molar-refractivity contribution is 9.10. The van der Waals surface area contributed by atoms with Crippen molar-refractivity contribution in [2.75, 3.05) is 0 Å². The maximum atomic E-state index is 12.1. The van der Waals surface area contributed by atoms with E-state index in [9.17, 15) is 4.79 Å². The van der Waals surface area contributed by atoms with Gasteiger partial charge in [-0.15, -0.1) is 0 Å². The molecule has 2 aromatic carbocycles. The van der Waals surface area contributed by atoms with Crippen molar-refractivity contribution < 1.29 is 9.53 Å². The first kappa shape index (κ1) is 12.8. The molecule has 0 amide bonds. The second-order valence-electron chi connectivity index (χ2n) is 4.21. The Morgan fingerprint density at radius 3 is 2.60 bits per heavy atom. The normalized spacial score (nSPS) is 10.4.